The lowest BCUT2D eigenvalue weighted by atomic mass is 9.78. The maximum absolute atomic E-state index is 9.65. The van der Waals surface area contributed by atoms with Crippen LogP contribution >= 0.6 is 0 Å². The zero-order valence-corrected chi connectivity index (χ0v) is 12.4. The van der Waals surface area contributed by atoms with Crippen LogP contribution in [-0.4, -0.2) is 61.5 Å². The van der Waals surface area contributed by atoms with Gasteiger partial charge in [0.15, 0.2) is 0 Å². The second-order valence-electron chi connectivity index (χ2n) is 5.57. The largest absolute Gasteiger partial charge is 0.394 e. The Morgan fingerprint density at radius 1 is 1.56 bits per heavy atom. The van der Waals surface area contributed by atoms with E-state index in [4.69, 9.17) is 4.74 Å². The molecule has 108 valence electrons. The molecule has 0 heterocycles. The molecule has 0 aromatic rings. The summed E-state index contributed by atoms with van der Waals surface area (Å²) in [6.45, 7) is 6.48. The van der Waals surface area contributed by atoms with E-state index in [2.05, 4.69) is 24.1 Å². The first kappa shape index (κ1) is 15.9. The minimum absolute atomic E-state index is 0.0802. The normalized spacial score (nSPS) is 30.7. The molecule has 0 amide bonds. The third kappa shape index (κ3) is 3.67. The quantitative estimate of drug-likeness (QED) is 0.721. The van der Waals surface area contributed by atoms with Crippen molar-refractivity contribution < 1.29 is 9.84 Å². The lowest BCUT2D eigenvalue weighted by molar-refractivity contribution is 0.0242. The van der Waals surface area contributed by atoms with E-state index in [-0.39, 0.29) is 12.1 Å². The van der Waals surface area contributed by atoms with Crippen LogP contribution in [-0.2, 0) is 4.74 Å². The van der Waals surface area contributed by atoms with Crippen molar-refractivity contribution >= 4 is 0 Å². The molecular weight excluding hydrogens is 228 g/mol. The molecule has 4 heteroatoms. The Morgan fingerprint density at radius 3 is 2.78 bits per heavy atom. The van der Waals surface area contributed by atoms with E-state index in [9.17, 15) is 5.11 Å². The van der Waals surface area contributed by atoms with Crippen LogP contribution in [0.1, 0.15) is 39.5 Å². The summed E-state index contributed by atoms with van der Waals surface area (Å²) in [5, 5.41) is 13.0. The van der Waals surface area contributed by atoms with Gasteiger partial charge >= 0.3 is 0 Å². The van der Waals surface area contributed by atoms with E-state index < -0.39 is 0 Å². The Kier molecular flexibility index (Phi) is 6.57. The van der Waals surface area contributed by atoms with Crippen molar-refractivity contribution in [2.24, 2.45) is 0 Å². The van der Waals surface area contributed by atoms with Crippen molar-refractivity contribution in [1.29, 1.82) is 0 Å². The molecule has 1 saturated carbocycles. The van der Waals surface area contributed by atoms with Crippen molar-refractivity contribution in [2.45, 2.75) is 57.2 Å². The minimum Gasteiger partial charge on any atom is -0.394 e. The lowest BCUT2D eigenvalue weighted by Crippen LogP contribution is -2.56. The summed E-state index contributed by atoms with van der Waals surface area (Å²) in [7, 11) is 3.73. The molecule has 1 rings (SSSR count). The van der Waals surface area contributed by atoms with E-state index >= 15 is 0 Å². The standard InChI is InChI=1S/C14H30N2O2/c1-5-16(12(2)10-18-4)13-7-6-8-14(9-13,11-17)15-3/h12-13,15,17H,5-11H2,1-4H3. The minimum atomic E-state index is -0.0802. The SMILES string of the molecule is CCN(C(C)COC)C1CCCC(CO)(NC)C1. The van der Waals surface area contributed by atoms with Crippen LogP contribution in [0, 0.1) is 0 Å². The maximum Gasteiger partial charge on any atom is 0.0615 e. The van der Waals surface area contributed by atoms with E-state index in [0.29, 0.717) is 12.1 Å². The Labute approximate surface area is 112 Å². The molecule has 18 heavy (non-hydrogen) atoms. The summed E-state index contributed by atoms with van der Waals surface area (Å²) < 4.78 is 5.28. The number of hydrogen-bond acceptors (Lipinski definition) is 4. The number of nitrogens with zero attached hydrogens (tertiary/aromatic N) is 1. The van der Waals surface area contributed by atoms with Gasteiger partial charge in [-0.3, -0.25) is 4.90 Å². The van der Waals surface area contributed by atoms with Gasteiger partial charge in [0.25, 0.3) is 0 Å². The summed E-state index contributed by atoms with van der Waals surface area (Å²) in [5.74, 6) is 0. The molecule has 0 aromatic heterocycles. The predicted octanol–water partition coefficient (Wildman–Crippen LogP) is 1.24. The van der Waals surface area contributed by atoms with Gasteiger partial charge in [0.2, 0.25) is 0 Å². The zero-order chi connectivity index (χ0) is 13.6. The van der Waals surface area contributed by atoms with Gasteiger partial charge in [-0.15, -0.1) is 0 Å². The fourth-order valence-electron chi connectivity index (χ4n) is 3.33. The highest BCUT2D eigenvalue weighted by atomic mass is 16.5. The van der Waals surface area contributed by atoms with Crippen molar-refractivity contribution in [2.75, 3.05) is 33.9 Å². The van der Waals surface area contributed by atoms with Gasteiger partial charge in [-0.05, 0) is 46.2 Å². The Bertz CT molecular complexity index is 232. The molecule has 0 aromatic carbocycles. The fourth-order valence-corrected chi connectivity index (χ4v) is 3.33. The second-order valence-corrected chi connectivity index (χ2v) is 5.57. The molecule has 2 N–H and O–H groups in total. The van der Waals surface area contributed by atoms with Gasteiger partial charge in [0.1, 0.15) is 0 Å². The average molecular weight is 258 g/mol. The third-order valence-electron chi connectivity index (χ3n) is 4.46. The molecule has 1 aliphatic carbocycles. The third-order valence-corrected chi connectivity index (χ3v) is 4.46. The van der Waals surface area contributed by atoms with Gasteiger partial charge in [-0.1, -0.05) is 6.92 Å². The number of nitrogens with one attached hydrogen (secondary N) is 1. The summed E-state index contributed by atoms with van der Waals surface area (Å²) in [4.78, 5) is 2.52. The van der Waals surface area contributed by atoms with E-state index in [0.717, 1.165) is 26.0 Å². The maximum atomic E-state index is 9.65. The Morgan fingerprint density at radius 2 is 2.28 bits per heavy atom. The number of rotatable bonds is 7. The number of likely N-dealkylation sites (N-methyl/N-ethyl adjacent to an activating group) is 2. The van der Waals surface area contributed by atoms with Crippen LogP contribution in [0.4, 0.5) is 0 Å². The van der Waals surface area contributed by atoms with Crippen LogP contribution in [0.15, 0.2) is 0 Å². The van der Waals surface area contributed by atoms with Gasteiger partial charge in [0.05, 0.1) is 13.2 Å². The molecule has 1 aliphatic rings. The van der Waals surface area contributed by atoms with Crippen molar-refractivity contribution in [1.82, 2.24) is 10.2 Å². The van der Waals surface area contributed by atoms with Crippen molar-refractivity contribution in [3.63, 3.8) is 0 Å². The van der Waals surface area contributed by atoms with Gasteiger partial charge in [-0.25, -0.2) is 0 Å². The van der Waals surface area contributed by atoms with Crippen LogP contribution in [0.5, 0.6) is 0 Å². The molecule has 0 radical (unpaired) electrons. The van der Waals surface area contributed by atoms with E-state index in [1.807, 2.05) is 7.05 Å². The van der Waals surface area contributed by atoms with Crippen molar-refractivity contribution in [3.05, 3.63) is 0 Å². The molecule has 0 spiro atoms. The van der Waals surface area contributed by atoms with Gasteiger partial charge < -0.3 is 15.2 Å². The molecule has 1 fully saturated rings. The first-order chi connectivity index (χ1) is 8.62. The van der Waals surface area contributed by atoms with Crippen LogP contribution in [0.3, 0.4) is 0 Å². The first-order valence-corrected chi connectivity index (χ1v) is 7.17. The molecule has 3 unspecified atom stereocenters. The van der Waals surface area contributed by atoms with Crippen LogP contribution in [0.2, 0.25) is 0 Å². The summed E-state index contributed by atoms with van der Waals surface area (Å²) >= 11 is 0. The highest BCUT2D eigenvalue weighted by Gasteiger charge is 2.37. The fraction of sp³-hybridized carbons (Fsp3) is 1.00. The van der Waals surface area contributed by atoms with E-state index in [1.54, 1.807) is 7.11 Å². The summed E-state index contributed by atoms with van der Waals surface area (Å²) in [5.41, 5.74) is -0.0802. The molecule has 0 bridgehead atoms. The Balaban J connectivity index is 2.68. The molecular formula is C14H30N2O2. The zero-order valence-electron chi connectivity index (χ0n) is 12.4. The van der Waals surface area contributed by atoms with E-state index in [1.165, 1.54) is 12.8 Å². The van der Waals surface area contributed by atoms with Crippen LogP contribution < -0.4 is 5.32 Å². The van der Waals surface area contributed by atoms with Gasteiger partial charge in [0, 0.05) is 24.7 Å². The number of hydrogen-bond donors (Lipinski definition) is 2. The molecule has 4 nitrogen and oxygen atoms in total. The lowest BCUT2D eigenvalue weighted by Gasteiger charge is -2.45. The summed E-state index contributed by atoms with van der Waals surface area (Å²) in [6, 6.07) is 0.991. The second kappa shape index (κ2) is 7.43. The highest BCUT2D eigenvalue weighted by Crippen LogP contribution is 2.31. The summed E-state index contributed by atoms with van der Waals surface area (Å²) in [6.07, 6.45) is 4.52. The first-order valence-electron chi connectivity index (χ1n) is 7.17. The number of ether oxygens (including phenoxy) is 1. The molecule has 0 aliphatic heterocycles. The monoisotopic (exact) mass is 258 g/mol. The highest BCUT2D eigenvalue weighted by molar-refractivity contribution is 4.96. The smallest absolute Gasteiger partial charge is 0.0615 e. The van der Waals surface area contributed by atoms with Crippen molar-refractivity contribution in [3.8, 4) is 0 Å². The number of aliphatic hydroxyl groups is 1. The molecule has 3 atom stereocenters. The predicted molar refractivity (Wildman–Crippen MR) is 74.9 cm³/mol. The Hall–Kier alpha value is -0.160. The average Bonchev–Trinajstić information content (AvgIpc) is 2.40. The number of methoxy groups -OCH3 is 1. The van der Waals surface area contributed by atoms with Crippen LogP contribution in [0.25, 0.3) is 0 Å². The topological polar surface area (TPSA) is 44.7 Å². The number of aliphatic hydroxyl groups excluding tert-OH is 1. The van der Waals surface area contributed by atoms with Gasteiger partial charge in [-0.2, -0.15) is 0 Å². The molecule has 0 saturated heterocycles.